The first-order valence-corrected chi connectivity index (χ1v) is 9.93. The summed E-state index contributed by atoms with van der Waals surface area (Å²) in [6.07, 6.45) is 17.6. The quantitative estimate of drug-likeness (QED) is 0.215. The van der Waals surface area contributed by atoms with Gasteiger partial charge in [0.05, 0.1) is 6.61 Å². The fraction of sp³-hybridized carbons (Fsp3) is 1.00. The van der Waals surface area contributed by atoms with E-state index in [9.17, 15) is 0 Å². The third kappa shape index (κ3) is 11.5. The molecule has 0 radical (unpaired) electrons. The average Bonchev–Trinajstić information content (AvgIpc) is 2.55. The van der Waals surface area contributed by atoms with Gasteiger partial charge in [-0.25, -0.2) is 0 Å². The van der Waals surface area contributed by atoms with Crippen LogP contribution in [0.2, 0.25) is 0 Å². The fourth-order valence-corrected chi connectivity index (χ4v) is 2.94. The molecule has 0 fully saturated rings. The molecule has 0 aromatic rings. The van der Waals surface area contributed by atoms with Gasteiger partial charge in [-0.05, 0) is 19.3 Å². The molecule has 1 unspecified atom stereocenters. The minimum absolute atomic E-state index is 0.312. The third-order valence-corrected chi connectivity index (χ3v) is 4.56. The first-order valence-electron chi connectivity index (χ1n) is 9.93. The first-order chi connectivity index (χ1) is 10.7. The summed E-state index contributed by atoms with van der Waals surface area (Å²) in [5, 5.41) is 0. The second kappa shape index (κ2) is 15.8. The second-order valence-electron chi connectivity index (χ2n) is 6.65. The minimum Gasteiger partial charge on any atom is -0.353 e. The maximum absolute atomic E-state index is 6.21. The fourth-order valence-electron chi connectivity index (χ4n) is 2.94. The van der Waals surface area contributed by atoms with E-state index in [4.69, 9.17) is 9.47 Å². The highest BCUT2D eigenvalue weighted by atomic mass is 16.7. The highest BCUT2D eigenvalue weighted by molar-refractivity contribution is 4.70. The average molecular weight is 315 g/mol. The van der Waals surface area contributed by atoms with Crippen LogP contribution < -0.4 is 0 Å². The van der Waals surface area contributed by atoms with Gasteiger partial charge in [-0.1, -0.05) is 78.6 Å². The van der Waals surface area contributed by atoms with Crippen molar-refractivity contribution in [2.75, 3.05) is 13.7 Å². The van der Waals surface area contributed by atoms with Gasteiger partial charge in [0.2, 0.25) is 0 Å². The Hall–Kier alpha value is -0.0800. The van der Waals surface area contributed by atoms with Gasteiger partial charge in [0.1, 0.15) is 0 Å². The molecule has 0 saturated heterocycles. The molecule has 2 heteroatoms. The zero-order valence-electron chi connectivity index (χ0n) is 15.9. The Labute approximate surface area is 140 Å². The lowest BCUT2D eigenvalue weighted by Crippen LogP contribution is -2.35. The Bertz CT molecular complexity index is 218. The number of rotatable bonds is 17. The summed E-state index contributed by atoms with van der Waals surface area (Å²) in [5.41, 5.74) is 0. The van der Waals surface area contributed by atoms with E-state index in [-0.39, 0.29) is 5.79 Å². The van der Waals surface area contributed by atoms with Crippen LogP contribution in [0.25, 0.3) is 0 Å². The Kier molecular flexibility index (Phi) is 15.7. The largest absolute Gasteiger partial charge is 0.353 e. The van der Waals surface area contributed by atoms with Crippen molar-refractivity contribution in [3.05, 3.63) is 0 Å². The molecule has 0 N–H and O–H groups in total. The van der Waals surface area contributed by atoms with Gasteiger partial charge < -0.3 is 9.47 Å². The molecule has 0 heterocycles. The van der Waals surface area contributed by atoms with Gasteiger partial charge in [0.25, 0.3) is 0 Å². The van der Waals surface area contributed by atoms with Crippen molar-refractivity contribution in [3.63, 3.8) is 0 Å². The van der Waals surface area contributed by atoms with Crippen molar-refractivity contribution in [1.29, 1.82) is 0 Å². The zero-order valence-corrected chi connectivity index (χ0v) is 15.9. The van der Waals surface area contributed by atoms with Crippen molar-refractivity contribution in [2.45, 2.75) is 116 Å². The SMILES string of the molecule is CCCCCCCCCC(CCCC)(OC)OCCCCC. The normalized spacial score (nSPS) is 14.2. The molecular weight excluding hydrogens is 272 g/mol. The molecule has 0 aliphatic rings. The molecule has 2 nitrogen and oxygen atoms in total. The molecule has 0 amide bonds. The van der Waals surface area contributed by atoms with Crippen LogP contribution in [0.3, 0.4) is 0 Å². The summed E-state index contributed by atoms with van der Waals surface area (Å²) in [5.74, 6) is -0.312. The number of methoxy groups -OCH3 is 1. The van der Waals surface area contributed by atoms with E-state index >= 15 is 0 Å². The van der Waals surface area contributed by atoms with Crippen LogP contribution in [0.1, 0.15) is 111 Å². The molecule has 0 aromatic heterocycles. The highest BCUT2D eigenvalue weighted by Gasteiger charge is 2.29. The molecule has 0 bridgehead atoms. The molecule has 0 spiro atoms. The molecule has 0 aliphatic heterocycles. The summed E-state index contributed by atoms with van der Waals surface area (Å²) in [7, 11) is 1.83. The summed E-state index contributed by atoms with van der Waals surface area (Å²) >= 11 is 0. The van der Waals surface area contributed by atoms with Crippen LogP contribution in [0.15, 0.2) is 0 Å². The second-order valence-corrected chi connectivity index (χ2v) is 6.65. The highest BCUT2D eigenvalue weighted by Crippen LogP contribution is 2.28. The number of unbranched alkanes of at least 4 members (excludes halogenated alkanes) is 9. The summed E-state index contributed by atoms with van der Waals surface area (Å²) in [6, 6.07) is 0. The van der Waals surface area contributed by atoms with Crippen molar-refractivity contribution in [2.24, 2.45) is 0 Å². The van der Waals surface area contributed by atoms with Gasteiger partial charge in [-0.15, -0.1) is 0 Å². The van der Waals surface area contributed by atoms with Crippen LogP contribution in [0, 0.1) is 0 Å². The molecule has 134 valence electrons. The Morgan fingerprint density at radius 2 is 1.09 bits per heavy atom. The summed E-state index contributed by atoms with van der Waals surface area (Å²) < 4.78 is 12.0. The minimum atomic E-state index is -0.312. The number of hydrogen-bond acceptors (Lipinski definition) is 2. The van der Waals surface area contributed by atoms with Crippen molar-refractivity contribution in [3.8, 4) is 0 Å². The molecule has 1 atom stereocenters. The summed E-state index contributed by atoms with van der Waals surface area (Å²) in [4.78, 5) is 0. The van der Waals surface area contributed by atoms with Gasteiger partial charge in [0.15, 0.2) is 5.79 Å². The van der Waals surface area contributed by atoms with Crippen molar-refractivity contribution in [1.82, 2.24) is 0 Å². The predicted octanol–water partition coefficient (Wildman–Crippen LogP) is 6.87. The van der Waals surface area contributed by atoms with Crippen molar-refractivity contribution < 1.29 is 9.47 Å². The van der Waals surface area contributed by atoms with Crippen LogP contribution in [-0.4, -0.2) is 19.5 Å². The lowest BCUT2D eigenvalue weighted by molar-refractivity contribution is -0.232. The van der Waals surface area contributed by atoms with Crippen LogP contribution in [0.4, 0.5) is 0 Å². The molecule has 0 rings (SSSR count). The van der Waals surface area contributed by atoms with E-state index < -0.39 is 0 Å². The smallest absolute Gasteiger partial charge is 0.167 e. The monoisotopic (exact) mass is 314 g/mol. The Balaban J connectivity index is 4.03. The summed E-state index contributed by atoms with van der Waals surface area (Å²) in [6.45, 7) is 7.60. The Morgan fingerprint density at radius 3 is 1.68 bits per heavy atom. The van der Waals surface area contributed by atoms with E-state index in [1.807, 2.05) is 7.11 Å². The van der Waals surface area contributed by atoms with E-state index in [1.165, 1.54) is 70.6 Å². The maximum atomic E-state index is 6.21. The van der Waals surface area contributed by atoms with Crippen LogP contribution in [0.5, 0.6) is 0 Å². The predicted molar refractivity (Wildman–Crippen MR) is 97.4 cm³/mol. The molecule has 0 aromatic carbocycles. The van der Waals surface area contributed by atoms with Crippen molar-refractivity contribution >= 4 is 0 Å². The lowest BCUT2D eigenvalue weighted by atomic mass is 10.00. The van der Waals surface area contributed by atoms with E-state index in [0.29, 0.717) is 0 Å². The van der Waals surface area contributed by atoms with Gasteiger partial charge in [-0.2, -0.15) is 0 Å². The topological polar surface area (TPSA) is 18.5 Å². The van der Waals surface area contributed by atoms with E-state index in [2.05, 4.69) is 20.8 Å². The molecular formula is C20H42O2. The first kappa shape index (κ1) is 21.9. The lowest BCUT2D eigenvalue weighted by Gasteiger charge is -2.33. The zero-order chi connectivity index (χ0) is 16.5. The molecule has 0 aliphatic carbocycles. The number of ether oxygens (including phenoxy) is 2. The maximum Gasteiger partial charge on any atom is 0.167 e. The van der Waals surface area contributed by atoms with Crippen LogP contribution >= 0.6 is 0 Å². The molecule has 0 saturated carbocycles. The number of hydrogen-bond donors (Lipinski definition) is 0. The van der Waals surface area contributed by atoms with Crippen LogP contribution in [-0.2, 0) is 9.47 Å². The third-order valence-electron chi connectivity index (χ3n) is 4.56. The standard InChI is InChI=1S/C20H42O2/c1-5-8-11-12-13-14-15-18-20(21-4,17-10-7-3)22-19-16-9-6-2/h5-19H2,1-4H3. The van der Waals surface area contributed by atoms with Gasteiger partial charge in [-0.3, -0.25) is 0 Å². The van der Waals surface area contributed by atoms with E-state index in [0.717, 1.165) is 25.9 Å². The van der Waals surface area contributed by atoms with E-state index in [1.54, 1.807) is 0 Å². The van der Waals surface area contributed by atoms with Gasteiger partial charge in [0, 0.05) is 20.0 Å². The molecule has 22 heavy (non-hydrogen) atoms. The van der Waals surface area contributed by atoms with Gasteiger partial charge >= 0.3 is 0 Å². The Morgan fingerprint density at radius 1 is 0.591 bits per heavy atom.